The van der Waals surface area contributed by atoms with Crippen molar-refractivity contribution in [2.75, 3.05) is 13.1 Å². The molecule has 31 heavy (non-hydrogen) atoms. The number of rotatable bonds is 4. The van der Waals surface area contributed by atoms with Gasteiger partial charge in [0, 0.05) is 31.1 Å². The first-order valence-corrected chi connectivity index (χ1v) is 11.8. The maximum absolute atomic E-state index is 13.4. The molecule has 3 aliphatic heterocycles. The number of fused-ring (bicyclic) bond motifs is 4. The highest BCUT2D eigenvalue weighted by atomic mass is 16.2. The molecule has 3 saturated heterocycles. The fraction of sp³-hybridized carbons (Fsp3) is 0.640. The standard InChI is InChI=1S/C25H30N4O2/c1-14-3-5-20-16(7-14)4-6-21(20)29-19-10-23(25(29)31)27(13-19)12-15(2)24(30)28-18(11-26)8-17-9-22(17)28/h3,5,7,15,17-19,21-23H,4,6,8-10,12-13H2,1-2H3/t15-,17+,18-,19+,21-,22?,23+/m0/s1. The van der Waals surface area contributed by atoms with Crippen molar-refractivity contribution in [3.05, 3.63) is 34.9 Å². The largest absolute Gasteiger partial charge is 0.330 e. The molecule has 2 bridgehead atoms. The topological polar surface area (TPSA) is 67.7 Å². The molecular weight excluding hydrogens is 388 g/mol. The number of aryl methyl sites for hydroxylation is 2. The van der Waals surface area contributed by atoms with Crippen LogP contribution in [0, 0.1) is 30.1 Å². The van der Waals surface area contributed by atoms with Crippen molar-refractivity contribution >= 4 is 11.8 Å². The second-order valence-electron chi connectivity index (χ2n) is 10.5. The summed E-state index contributed by atoms with van der Waals surface area (Å²) in [4.78, 5) is 32.7. The Morgan fingerprint density at radius 1 is 1.26 bits per heavy atom. The molecule has 0 N–H and O–H groups in total. The van der Waals surface area contributed by atoms with Crippen molar-refractivity contribution in [3.8, 4) is 6.07 Å². The third-order valence-corrected chi connectivity index (χ3v) is 8.43. The smallest absolute Gasteiger partial charge is 0.240 e. The van der Waals surface area contributed by atoms with Crippen LogP contribution in [0.25, 0.3) is 0 Å². The number of carbonyl (C=O) groups excluding carboxylic acids is 2. The molecule has 5 aliphatic rings. The highest BCUT2D eigenvalue weighted by Gasteiger charge is 2.56. The Balaban J connectivity index is 1.13. The third kappa shape index (κ3) is 2.86. The molecule has 0 aromatic heterocycles. The van der Waals surface area contributed by atoms with Crippen LogP contribution in [0.15, 0.2) is 18.2 Å². The van der Waals surface area contributed by atoms with E-state index in [0.717, 1.165) is 38.6 Å². The fourth-order valence-corrected chi connectivity index (χ4v) is 6.89. The van der Waals surface area contributed by atoms with E-state index in [9.17, 15) is 14.9 Å². The number of amides is 2. The Labute approximate surface area is 183 Å². The number of piperidine rings is 1. The zero-order valence-electron chi connectivity index (χ0n) is 18.3. The van der Waals surface area contributed by atoms with Gasteiger partial charge in [-0.3, -0.25) is 14.5 Å². The molecule has 6 heteroatoms. The van der Waals surface area contributed by atoms with Crippen LogP contribution in [-0.4, -0.2) is 63.8 Å². The van der Waals surface area contributed by atoms with E-state index in [1.54, 1.807) is 0 Å². The Kier molecular flexibility index (Phi) is 4.24. The number of carbonyl (C=O) groups is 2. The van der Waals surface area contributed by atoms with Gasteiger partial charge in [0.05, 0.1) is 18.2 Å². The van der Waals surface area contributed by atoms with E-state index < -0.39 is 0 Å². The van der Waals surface area contributed by atoms with Crippen LogP contribution in [0.2, 0.25) is 0 Å². The van der Waals surface area contributed by atoms with Crippen molar-refractivity contribution in [2.24, 2.45) is 11.8 Å². The fourth-order valence-electron chi connectivity index (χ4n) is 6.89. The highest BCUT2D eigenvalue weighted by molar-refractivity contribution is 5.87. The molecule has 1 saturated carbocycles. The number of hydrogen-bond donors (Lipinski definition) is 0. The van der Waals surface area contributed by atoms with Gasteiger partial charge in [-0.05, 0) is 56.1 Å². The van der Waals surface area contributed by atoms with Gasteiger partial charge >= 0.3 is 0 Å². The minimum Gasteiger partial charge on any atom is -0.330 e. The Bertz CT molecular complexity index is 1000. The molecule has 2 amide bonds. The zero-order valence-corrected chi connectivity index (χ0v) is 18.3. The first-order chi connectivity index (χ1) is 15.0. The summed E-state index contributed by atoms with van der Waals surface area (Å²) in [6.07, 6.45) is 4.85. The maximum Gasteiger partial charge on any atom is 0.240 e. The lowest BCUT2D eigenvalue weighted by Crippen LogP contribution is -2.53. The van der Waals surface area contributed by atoms with Crippen molar-refractivity contribution < 1.29 is 9.59 Å². The van der Waals surface area contributed by atoms with Gasteiger partial charge in [0.2, 0.25) is 11.8 Å². The Hall–Kier alpha value is -2.39. The first kappa shape index (κ1) is 19.3. The molecule has 0 spiro atoms. The summed E-state index contributed by atoms with van der Waals surface area (Å²) in [5.41, 5.74) is 4.01. The number of benzene rings is 1. The van der Waals surface area contributed by atoms with Gasteiger partial charge in [-0.1, -0.05) is 30.7 Å². The van der Waals surface area contributed by atoms with Crippen LogP contribution >= 0.6 is 0 Å². The van der Waals surface area contributed by atoms with Gasteiger partial charge in [-0.25, -0.2) is 0 Å². The predicted octanol–water partition coefficient (Wildman–Crippen LogP) is 2.42. The summed E-state index contributed by atoms with van der Waals surface area (Å²) < 4.78 is 0. The maximum atomic E-state index is 13.4. The lowest BCUT2D eigenvalue weighted by atomic mass is 10.0. The molecule has 162 valence electrons. The summed E-state index contributed by atoms with van der Waals surface area (Å²) >= 11 is 0. The van der Waals surface area contributed by atoms with Gasteiger partial charge in [0.25, 0.3) is 0 Å². The summed E-state index contributed by atoms with van der Waals surface area (Å²) in [6, 6.07) is 9.38. The molecule has 6 nitrogen and oxygen atoms in total. The van der Waals surface area contributed by atoms with Gasteiger partial charge in [-0.2, -0.15) is 5.26 Å². The van der Waals surface area contributed by atoms with Gasteiger partial charge in [0.15, 0.2) is 0 Å². The SMILES string of the molecule is Cc1ccc2c(c1)CC[C@@H]2N1C(=O)[C@H]2C[C@@H]1CN2C[C@H](C)C(=O)N1C2C[C@H]2C[C@H]1C#N. The molecule has 0 radical (unpaired) electrons. The van der Waals surface area contributed by atoms with Crippen LogP contribution in [0.5, 0.6) is 0 Å². The zero-order chi connectivity index (χ0) is 21.4. The molecule has 1 unspecified atom stereocenters. The predicted molar refractivity (Wildman–Crippen MR) is 115 cm³/mol. The first-order valence-electron chi connectivity index (χ1n) is 11.8. The lowest BCUT2D eigenvalue weighted by molar-refractivity contribution is -0.142. The van der Waals surface area contributed by atoms with E-state index in [1.165, 1.54) is 16.7 Å². The van der Waals surface area contributed by atoms with E-state index in [-0.39, 0.29) is 47.9 Å². The molecule has 7 atom stereocenters. The van der Waals surface area contributed by atoms with E-state index in [4.69, 9.17) is 0 Å². The van der Waals surface area contributed by atoms with Crippen LogP contribution in [0.3, 0.4) is 0 Å². The lowest BCUT2D eigenvalue weighted by Gasteiger charge is -2.39. The van der Waals surface area contributed by atoms with Crippen molar-refractivity contribution in [1.29, 1.82) is 5.26 Å². The van der Waals surface area contributed by atoms with E-state index in [1.807, 2.05) is 11.8 Å². The quantitative estimate of drug-likeness (QED) is 0.753. The van der Waals surface area contributed by atoms with Crippen LogP contribution in [0.4, 0.5) is 0 Å². The summed E-state index contributed by atoms with van der Waals surface area (Å²) in [7, 11) is 0. The number of nitrogens with zero attached hydrogens (tertiary/aromatic N) is 4. The minimum atomic E-state index is -0.253. The molecule has 2 aliphatic carbocycles. The van der Waals surface area contributed by atoms with Crippen LogP contribution in [0.1, 0.15) is 55.3 Å². The van der Waals surface area contributed by atoms with Crippen molar-refractivity contribution in [3.63, 3.8) is 0 Å². The van der Waals surface area contributed by atoms with Gasteiger partial charge in [-0.15, -0.1) is 0 Å². The average Bonchev–Trinajstić information content (AvgIpc) is 3.08. The minimum absolute atomic E-state index is 0.0891. The van der Waals surface area contributed by atoms with E-state index in [0.29, 0.717) is 12.5 Å². The molecule has 1 aromatic rings. The average molecular weight is 419 g/mol. The summed E-state index contributed by atoms with van der Waals surface area (Å²) in [6.45, 7) is 5.57. The van der Waals surface area contributed by atoms with E-state index in [2.05, 4.69) is 41.0 Å². The summed E-state index contributed by atoms with van der Waals surface area (Å²) in [5, 5.41) is 9.42. The molecule has 1 aromatic carbocycles. The summed E-state index contributed by atoms with van der Waals surface area (Å²) in [5.74, 6) is 0.708. The molecule has 3 heterocycles. The second kappa shape index (κ2) is 6.80. The number of likely N-dealkylation sites (tertiary alicyclic amines) is 3. The van der Waals surface area contributed by atoms with Gasteiger partial charge in [0.1, 0.15) is 6.04 Å². The van der Waals surface area contributed by atoms with Crippen molar-refractivity contribution in [1.82, 2.24) is 14.7 Å². The van der Waals surface area contributed by atoms with Crippen molar-refractivity contribution in [2.45, 2.75) is 76.2 Å². The number of piperazine rings is 1. The Morgan fingerprint density at radius 2 is 2.10 bits per heavy atom. The van der Waals surface area contributed by atoms with Gasteiger partial charge < -0.3 is 9.80 Å². The monoisotopic (exact) mass is 418 g/mol. The molecule has 6 rings (SSSR count). The normalized spacial score (nSPS) is 36.5. The number of hydrogen-bond acceptors (Lipinski definition) is 4. The highest BCUT2D eigenvalue weighted by Crippen LogP contribution is 2.48. The van der Waals surface area contributed by atoms with Crippen LogP contribution < -0.4 is 0 Å². The number of nitriles is 1. The second-order valence-corrected chi connectivity index (χ2v) is 10.5. The molecular formula is C25H30N4O2. The van der Waals surface area contributed by atoms with Crippen LogP contribution in [-0.2, 0) is 16.0 Å². The third-order valence-electron chi connectivity index (χ3n) is 8.43. The van der Waals surface area contributed by atoms with E-state index >= 15 is 0 Å². The molecule has 4 fully saturated rings. The Morgan fingerprint density at radius 3 is 2.87 bits per heavy atom.